The average molecular weight is 195 g/mol. The quantitative estimate of drug-likeness (QED) is 0.761. The molecule has 2 N–H and O–H groups in total. The molecular weight excluding hydrogens is 186 g/mol. The number of nitrogens with two attached hydrogens (primary N) is 1. The van der Waals surface area contributed by atoms with Crippen molar-refractivity contribution in [3.8, 4) is 0 Å². The van der Waals surface area contributed by atoms with Crippen LogP contribution < -0.4 is 5.73 Å². The first-order chi connectivity index (χ1) is 6.38. The van der Waals surface area contributed by atoms with Gasteiger partial charge in [0.15, 0.2) is 5.82 Å². The molecule has 0 aliphatic heterocycles. The van der Waals surface area contributed by atoms with E-state index in [0.717, 1.165) is 11.4 Å². The van der Waals surface area contributed by atoms with E-state index in [1.165, 1.54) is 0 Å². The Labute approximate surface area is 79.2 Å². The van der Waals surface area contributed by atoms with Gasteiger partial charge >= 0.3 is 0 Å². The highest BCUT2D eigenvalue weighted by Crippen LogP contribution is 2.06. The summed E-state index contributed by atoms with van der Waals surface area (Å²) in [4.78, 5) is 9.16. The van der Waals surface area contributed by atoms with Crippen molar-refractivity contribution in [1.82, 2.24) is 19.7 Å². The lowest BCUT2D eigenvalue weighted by Crippen LogP contribution is -2.02. The Morgan fingerprint density at radius 2 is 2.46 bits per heavy atom. The van der Waals surface area contributed by atoms with Gasteiger partial charge in [-0.05, 0) is 0 Å². The highest BCUT2D eigenvalue weighted by atomic mass is 32.1. The Bertz CT molecular complexity index is 366. The highest BCUT2D eigenvalue weighted by molar-refractivity contribution is 7.09. The van der Waals surface area contributed by atoms with Crippen LogP contribution in [0.1, 0.15) is 10.7 Å². The normalized spacial score (nSPS) is 10.5. The van der Waals surface area contributed by atoms with Gasteiger partial charge in [0.05, 0.1) is 18.6 Å². The van der Waals surface area contributed by atoms with Crippen LogP contribution in [-0.4, -0.2) is 19.7 Å². The summed E-state index contributed by atoms with van der Waals surface area (Å²) in [6.07, 6.45) is 3.51. The minimum absolute atomic E-state index is 0.385. The molecule has 0 saturated heterocycles. The van der Waals surface area contributed by atoms with Crippen LogP contribution in [-0.2, 0) is 13.1 Å². The Balaban J connectivity index is 2.10. The smallest absolute Gasteiger partial charge is 0.164 e. The summed E-state index contributed by atoms with van der Waals surface area (Å²) in [7, 11) is 0. The Hall–Kier alpha value is -1.27. The lowest BCUT2D eigenvalue weighted by atomic mass is 10.5. The molecule has 0 aliphatic carbocycles. The maximum absolute atomic E-state index is 5.39. The molecule has 0 spiro atoms. The van der Waals surface area contributed by atoms with E-state index < -0.39 is 0 Å². The van der Waals surface area contributed by atoms with E-state index in [4.69, 9.17) is 5.73 Å². The lowest BCUT2D eigenvalue weighted by Gasteiger charge is -1.94. The van der Waals surface area contributed by atoms with E-state index in [0.29, 0.717) is 12.4 Å². The van der Waals surface area contributed by atoms with Crippen LogP contribution in [0.5, 0.6) is 0 Å². The maximum atomic E-state index is 5.39. The SMILES string of the molecule is NCc1ncn(Cc2cncs2)n1. The fourth-order valence-electron chi connectivity index (χ4n) is 0.983. The molecule has 2 heterocycles. The van der Waals surface area contributed by atoms with Gasteiger partial charge in [-0.3, -0.25) is 4.98 Å². The van der Waals surface area contributed by atoms with Gasteiger partial charge in [-0.2, -0.15) is 5.10 Å². The standard InChI is InChI=1S/C7H9N5S/c8-1-7-10-4-12(11-7)3-6-2-9-5-13-6/h2,4-5H,1,3,8H2. The highest BCUT2D eigenvalue weighted by Gasteiger charge is 2.00. The molecule has 13 heavy (non-hydrogen) atoms. The summed E-state index contributed by atoms with van der Waals surface area (Å²) < 4.78 is 1.76. The third kappa shape index (κ3) is 1.90. The molecule has 0 fully saturated rings. The van der Waals surface area contributed by atoms with Gasteiger partial charge in [0, 0.05) is 11.1 Å². The van der Waals surface area contributed by atoms with Crippen molar-refractivity contribution in [2.75, 3.05) is 0 Å². The van der Waals surface area contributed by atoms with Crippen molar-refractivity contribution in [3.63, 3.8) is 0 Å². The van der Waals surface area contributed by atoms with E-state index >= 15 is 0 Å². The number of rotatable bonds is 3. The lowest BCUT2D eigenvalue weighted by molar-refractivity contribution is 0.678. The molecule has 0 radical (unpaired) electrons. The second-order valence-electron chi connectivity index (χ2n) is 2.53. The predicted molar refractivity (Wildman–Crippen MR) is 49.1 cm³/mol. The minimum Gasteiger partial charge on any atom is -0.324 e. The van der Waals surface area contributed by atoms with Gasteiger partial charge < -0.3 is 5.73 Å². The van der Waals surface area contributed by atoms with Crippen LogP contribution in [0, 0.1) is 0 Å². The second kappa shape index (κ2) is 3.63. The number of nitrogens with zero attached hydrogens (tertiary/aromatic N) is 4. The van der Waals surface area contributed by atoms with Gasteiger partial charge in [0.1, 0.15) is 6.33 Å². The zero-order valence-electron chi connectivity index (χ0n) is 6.92. The van der Waals surface area contributed by atoms with E-state index in [9.17, 15) is 0 Å². The molecule has 0 aromatic carbocycles. The Kier molecular flexibility index (Phi) is 2.33. The largest absolute Gasteiger partial charge is 0.324 e. The molecule has 5 nitrogen and oxygen atoms in total. The first-order valence-corrected chi connectivity index (χ1v) is 4.72. The zero-order valence-corrected chi connectivity index (χ0v) is 7.74. The van der Waals surface area contributed by atoms with Gasteiger partial charge in [0.25, 0.3) is 0 Å². The van der Waals surface area contributed by atoms with Crippen molar-refractivity contribution in [1.29, 1.82) is 0 Å². The molecule has 2 aromatic heterocycles. The monoisotopic (exact) mass is 195 g/mol. The van der Waals surface area contributed by atoms with Crippen LogP contribution in [0.3, 0.4) is 0 Å². The van der Waals surface area contributed by atoms with E-state index in [1.807, 2.05) is 6.20 Å². The van der Waals surface area contributed by atoms with E-state index in [-0.39, 0.29) is 0 Å². The van der Waals surface area contributed by atoms with Gasteiger partial charge in [-0.1, -0.05) is 0 Å². The molecule has 6 heteroatoms. The molecule has 0 unspecified atom stereocenters. The van der Waals surface area contributed by atoms with Crippen LogP contribution >= 0.6 is 11.3 Å². The number of hydrogen-bond donors (Lipinski definition) is 1. The Morgan fingerprint density at radius 3 is 3.08 bits per heavy atom. The molecule has 0 atom stereocenters. The van der Waals surface area contributed by atoms with Crippen LogP contribution in [0.25, 0.3) is 0 Å². The van der Waals surface area contributed by atoms with E-state index in [1.54, 1.807) is 27.9 Å². The second-order valence-corrected chi connectivity index (χ2v) is 3.50. The van der Waals surface area contributed by atoms with Crippen LogP contribution in [0.15, 0.2) is 18.0 Å². The molecule has 0 bridgehead atoms. The topological polar surface area (TPSA) is 69.6 Å². The summed E-state index contributed by atoms with van der Waals surface area (Å²) in [5.74, 6) is 0.671. The minimum atomic E-state index is 0.385. The number of thiazole rings is 1. The zero-order chi connectivity index (χ0) is 9.10. The van der Waals surface area contributed by atoms with Crippen LogP contribution in [0.2, 0.25) is 0 Å². The average Bonchev–Trinajstić information content (AvgIpc) is 2.76. The van der Waals surface area contributed by atoms with Crippen LogP contribution in [0.4, 0.5) is 0 Å². The summed E-state index contributed by atoms with van der Waals surface area (Å²) in [5, 5.41) is 4.16. The van der Waals surface area contributed by atoms with Crippen molar-refractivity contribution >= 4 is 11.3 Å². The van der Waals surface area contributed by atoms with E-state index in [2.05, 4.69) is 15.1 Å². The number of aromatic nitrogens is 4. The number of hydrogen-bond acceptors (Lipinski definition) is 5. The third-order valence-corrected chi connectivity index (χ3v) is 2.33. The molecule has 2 rings (SSSR count). The first-order valence-electron chi connectivity index (χ1n) is 3.84. The van der Waals surface area contributed by atoms with Gasteiger partial charge in [-0.25, -0.2) is 9.67 Å². The molecule has 0 aliphatic rings. The molecule has 2 aromatic rings. The third-order valence-electron chi connectivity index (χ3n) is 1.57. The summed E-state index contributed by atoms with van der Waals surface area (Å²) in [5.41, 5.74) is 7.19. The maximum Gasteiger partial charge on any atom is 0.164 e. The van der Waals surface area contributed by atoms with Crippen molar-refractivity contribution in [2.45, 2.75) is 13.1 Å². The summed E-state index contributed by atoms with van der Waals surface area (Å²) >= 11 is 1.60. The molecule has 0 amide bonds. The summed E-state index contributed by atoms with van der Waals surface area (Å²) in [6.45, 7) is 1.10. The first kappa shape index (κ1) is 8.33. The van der Waals surface area contributed by atoms with Crippen molar-refractivity contribution in [2.24, 2.45) is 5.73 Å². The fourth-order valence-corrected chi connectivity index (χ4v) is 1.57. The molecular formula is C7H9N5S. The van der Waals surface area contributed by atoms with Crippen molar-refractivity contribution < 1.29 is 0 Å². The van der Waals surface area contributed by atoms with Crippen molar-refractivity contribution in [3.05, 3.63) is 28.7 Å². The van der Waals surface area contributed by atoms with Gasteiger partial charge in [-0.15, -0.1) is 11.3 Å². The summed E-state index contributed by atoms with van der Waals surface area (Å²) in [6, 6.07) is 0. The fraction of sp³-hybridized carbons (Fsp3) is 0.286. The molecule has 68 valence electrons. The Morgan fingerprint density at radius 1 is 1.54 bits per heavy atom. The predicted octanol–water partition coefficient (Wildman–Crippen LogP) is 0.242. The molecule has 0 saturated carbocycles. The van der Waals surface area contributed by atoms with Gasteiger partial charge in [0.2, 0.25) is 0 Å².